The van der Waals surface area contributed by atoms with E-state index in [0.717, 1.165) is 0 Å². The molecule has 2 fully saturated rings. The molecule has 0 radical (unpaired) electrons. The molecular weight excluding hydrogens is 544 g/mol. The molecule has 0 unspecified atom stereocenters. The Bertz CT molecular complexity index is 1290. The molecular formula is C28H32O13. The van der Waals surface area contributed by atoms with Crippen LogP contribution in [0.2, 0.25) is 0 Å². The van der Waals surface area contributed by atoms with Crippen LogP contribution in [0, 0.1) is 11.8 Å². The van der Waals surface area contributed by atoms with Gasteiger partial charge in [0.05, 0.1) is 46.6 Å². The van der Waals surface area contributed by atoms with Crippen LogP contribution in [0.15, 0.2) is 24.3 Å². The fraction of sp³-hybridized carbons (Fsp3) is 0.536. The third-order valence-corrected chi connectivity index (χ3v) is 8.29. The average Bonchev–Trinajstić information content (AvgIpc) is 3.61. The Balaban J connectivity index is 1.49. The van der Waals surface area contributed by atoms with E-state index in [1.807, 2.05) is 0 Å². The predicted octanol–water partition coefficient (Wildman–Crippen LogP) is 0.233. The SMILES string of the molecule is COc1cc([C@H]2c3cc4c(cc3[C@H](O[C@H]3O[C@H](CO)[C@H](O)[C@@H](O)[C@H]3O)[C@@H]3COC(=O)[C@H]23)OCO4)cc(OC)c1OC. The standard InChI is InChI=1S/C28H32O13/c1-34-17-4-11(5-18(35-2)26(17)36-3)20-12-6-15-16(39-10-38-15)7-13(12)25(14-9-37-27(33)21(14)20)41-28-24(32)23(31)22(30)19(8-29)40-28/h4-7,14,19-25,28-32H,8-10H2,1-3H3/t14-,19-,20+,21+,22+,23-,24-,25+,28-/m1/s1. The van der Waals surface area contributed by atoms with Crippen molar-refractivity contribution in [3.63, 3.8) is 0 Å². The van der Waals surface area contributed by atoms with Crippen molar-refractivity contribution in [2.45, 2.75) is 42.7 Å². The lowest BCUT2D eigenvalue weighted by Crippen LogP contribution is -2.59. The average molecular weight is 577 g/mol. The summed E-state index contributed by atoms with van der Waals surface area (Å²) in [6.07, 6.45) is -8.26. The van der Waals surface area contributed by atoms with Gasteiger partial charge in [-0.25, -0.2) is 0 Å². The van der Waals surface area contributed by atoms with Crippen LogP contribution in [-0.2, 0) is 19.0 Å². The van der Waals surface area contributed by atoms with Gasteiger partial charge in [0, 0.05) is 11.8 Å². The Morgan fingerprint density at radius 2 is 1.51 bits per heavy atom. The Morgan fingerprint density at radius 1 is 0.854 bits per heavy atom. The molecule has 4 N–H and O–H groups in total. The highest BCUT2D eigenvalue weighted by atomic mass is 16.7. The predicted molar refractivity (Wildman–Crippen MR) is 136 cm³/mol. The van der Waals surface area contributed by atoms with Gasteiger partial charge in [-0.05, 0) is 41.0 Å². The summed E-state index contributed by atoms with van der Waals surface area (Å²) in [4.78, 5) is 13.4. The first-order chi connectivity index (χ1) is 19.8. The quantitative estimate of drug-likeness (QED) is 0.331. The third-order valence-electron chi connectivity index (χ3n) is 8.29. The summed E-state index contributed by atoms with van der Waals surface area (Å²) in [5, 5.41) is 41.0. The molecule has 6 rings (SSSR count). The van der Waals surface area contributed by atoms with Crippen LogP contribution in [0.25, 0.3) is 0 Å². The Hall–Kier alpha value is -3.33. The number of hydrogen-bond donors (Lipinski definition) is 4. The van der Waals surface area contributed by atoms with Crippen molar-refractivity contribution in [3.05, 3.63) is 41.0 Å². The molecule has 1 aliphatic carbocycles. The fourth-order valence-corrected chi connectivity index (χ4v) is 6.29. The van der Waals surface area contributed by atoms with E-state index < -0.39 is 67.1 Å². The second kappa shape index (κ2) is 10.8. The summed E-state index contributed by atoms with van der Waals surface area (Å²) < 4.78 is 45.5. The smallest absolute Gasteiger partial charge is 0.310 e. The molecule has 2 aromatic carbocycles. The van der Waals surface area contributed by atoms with Crippen LogP contribution >= 0.6 is 0 Å². The van der Waals surface area contributed by atoms with Gasteiger partial charge in [-0.1, -0.05) is 0 Å². The number of rotatable bonds is 7. The normalized spacial score (nSPS) is 33.5. The van der Waals surface area contributed by atoms with Crippen molar-refractivity contribution >= 4 is 5.97 Å². The fourth-order valence-electron chi connectivity index (χ4n) is 6.29. The number of benzene rings is 2. The zero-order valence-corrected chi connectivity index (χ0v) is 22.6. The molecule has 3 aliphatic heterocycles. The number of methoxy groups -OCH3 is 3. The van der Waals surface area contributed by atoms with Gasteiger partial charge in [0.2, 0.25) is 12.5 Å². The summed E-state index contributed by atoms with van der Waals surface area (Å²) >= 11 is 0. The van der Waals surface area contributed by atoms with Crippen molar-refractivity contribution in [3.8, 4) is 28.7 Å². The maximum atomic E-state index is 13.4. The van der Waals surface area contributed by atoms with Crippen molar-refractivity contribution in [1.29, 1.82) is 0 Å². The highest BCUT2D eigenvalue weighted by Crippen LogP contribution is 2.57. The molecule has 4 aliphatic rings. The van der Waals surface area contributed by atoms with Gasteiger partial charge >= 0.3 is 5.97 Å². The number of ether oxygens (including phenoxy) is 8. The Kier molecular flexibility index (Phi) is 7.34. The van der Waals surface area contributed by atoms with Crippen molar-refractivity contribution in [2.24, 2.45) is 11.8 Å². The highest BCUT2D eigenvalue weighted by molar-refractivity contribution is 5.79. The number of aliphatic hydroxyl groups excluding tert-OH is 4. The molecule has 0 saturated carbocycles. The molecule has 2 aromatic rings. The molecule has 9 atom stereocenters. The molecule has 0 spiro atoms. The van der Waals surface area contributed by atoms with Gasteiger partial charge < -0.3 is 58.3 Å². The topological polar surface area (TPSA) is 172 Å². The Labute approximate surface area is 235 Å². The monoisotopic (exact) mass is 576 g/mol. The van der Waals surface area contributed by atoms with E-state index in [4.69, 9.17) is 37.9 Å². The molecule has 0 amide bonds. The minimum atomic E-state index is -1.63. The van der Waals surface area contributed by atoms with E-state index >= 15 is 0 Å². The first-order valence-electron chi connectivity index (χ1n) is 13.2. The van der Waals surface area contributed by atoms with Crippen molar-refractivity contribution in [2.75, 3.05) is 41.3 Å². The first kappa shape index (κ1) is 27.8. The zero-order valence-electron chi connectivity index (χ0n) is 22.6. The van der Waals surface area contributed by atoms with Crippen LogP contribution in [0.5, 0.6) is 28.7 Å². The molecule has 13 nitrogen and oxygen atoms in total. The molecule has 2 saturated heterocycles. The van der Waals surface area contributed by atoms with E-state index in [0.29, 0.717) is 45.4 Å². The molecule has 0 aromatic heterocycles. The lowest BCUT2D eigenvalue weighted by molar-refractivity contribution is -0.317. The summed E-state index contributed by atoms with van der Waals surface area (Å²) in [5.74, 6) is -0.112. The third kappa shape index (κ3) is 4.44. The number of carbonyl (C=O) groups excluding carboxylic acids is 1. The van der Waals surface area contributed by atoms with Gasteiger partial charge in [-0.15, -0.1) is 0 Å². The van der Waals surface area contributed by atoms with Gasteiger partial charge in [-0.2, -0.15) is 0 Å². The van der Waals surface area contributed by atoms with Crippen LogP contribution < -0.4 is 23.7 Å². The van der Waals surface area contributed by atoms with E-state index in [-0.39, 0.29) is 13.4 Å². The van der Waals surface area contributed by atoms with Crippen molar-refractivity contribution in [1.82, 2.24) is 0 Å². The van der Waals surface area contributed by atoms with Crippen LogP contribution in [0.3, 0.4) is 0 Å². The lowest BCUT2D eigenvalue weighted by atomic mass is 9.66. The van der Waals surface area contributed by atoms with Gasteiger partial charge in [-0.3, -0.25) is 4.79 Å². The minimum absolute atomic E-state index is 0.0141. The first-order valence-corrected chi connectivity index (χ1v) is 13.2. The highest BCUT2D eigenvalue weighted by Gasteiger charge is 2.55. The lowest BCUT2D eigenvalue weighted by Gasteiger charge is -2.44. The molecule has 222 valence electrons. The second-order valence-corrected chi connectivity index (χ2v) is 10.3. The number of carbonyl (C=O) groups is 1. The number of hydrogen-bond acceptors (Lipinski definition) is 13. The van der Waals surface area contributed by atoms with Gasteiger partial charge in [0.25, 0.3) is 0 Å². The molecule has 13 heteroatoms. The molecule has 0 bridgehead atoms. The molecule has 3 heterocycles. The molecule has 41 heavy (non-hydrogen) atoms. The largest absolute Gasteiger partial charge is 0.493 e. The van der Waals surface area contributed by atoms with Gasteiger partial charge in [0.15, 0.2) is 29.3 Å². The zero-order chi connectivity index (χ0) is 29.0. The Morgan fingerprint density at radius 3 is 2.12 bits per heavy atom. The van der Waals surface area contributed by atoms with E-state index in [1.54, 1.807) is 24.3 Å². The summed E-state index contributed by atoms with van der Waals surface area (Å²) in [5.41, 5.74) is 2.00. The van der Waals surface area contributed by atoms with E-state index in [2.05, 4.69) is 0 Å². The summed E-state index contributed by atoms with van der Waals surface area (Å²) in [6.45, 7) is -0.581. The maximum Gasteiger partial charge on any atom is 0.310 e. The second-order valence-electron chi connectivity index (χ2n) is 10.3. The number of aliphatic hydroxyl groups is 4. The van der Waals surface area contributed by atoms with Crippen molar-refractivity contribution < 1.29 is 63.1 Å². The minimum Gasteiger partial charge on any atom is -0.493 e. The maximum absolute atomic E-state index is 13.4. The van der Waals surface area contributed by atoms with Crippen LogP contribution in [0.4, 0.5) is 0 Å². The number of fused-ring (bicyclic) bond motifs is 3. The van der Waals surface area contributed by atoms with Crippen LogP contribution in [-0.4, -0.2) is 98.4 Å². The van der Waals surface area contributed by atoms with Crippen LogP contribution in [0.1, 0.15) is 28.7 Å². The van der Waals surface area contributed by atoms with E-state index in [1.165, 1.54) is 21.3 Å². The summed E-state index contributed by atoms with van der Waals surface area (Å²) in [7, 11) is 4.51. The number of esters is 1. The number of cyclic esters (lactones) is 1. The van der Waals surface area contributed by atoms with Gasteiger partial charge in [0.1, 0.15) is 24.4 Å². The summed E-state index contributed by atoms with van der Waals surface area (Å²) in [6, 6.07) is 7.11. The van der Waals surface area contributed by atoms with E-state index in [9.17, 15) is 25.2 Å².